The third kappa shape index (κ3) is 4.64. The van der Waals surface area contributed by atoms with Crippen LogP contribution in [0.5, 0.6) is 5.75 Å². The number of ether oxygens (including phenoxy) is 1. The highest BCUT2D eigenvalue weighted by Gasteiger charge is 2.35. The predicted octanol–water partition coefficient (Wildman–Crippen LogP) is 2.21. The van der Waals surface area contributed by atoms with Crippen molar-refractivity contribution in [2.24, 2.45) is 0 Å². The van der Waals surface area contributed by atoms with Crippen LogP contribution in [0.2, 0.25) is 0 Å². The van der Waals surface area contributed by atoms with Crippen LogP contribution in [0.25, 0.3) is 0 Å². The molecule has 0 N–H and O–H groups in total. The molecule has 0 bridgehead atoms. The second-order valence-corrected chi connectivity index (χ2v) is 9.26. The van der Waals surface area contributed by atoms with Gasteiger partial charge in [0.2, 0.25) is 5.91 Å². The van der Waals surface area contributed by atoms with E-state index in [2.05, 4.69) is 0 Å². The second-order valence-electron chi connectivity index (χ2n) is 5.62. The first-order valence-corrected chi connectivity index (χ1v) is 10.4. The van der Waals surface area contributed by atoms with Gasteiger partial charge >= 0.3 is 0 Å². The Balaban J connectivity index is 2.01. The Morgan fingerprint density at radius 1 is 1.39 bits per heavy atom. The highest BCUT2D eigenvalue weighted by molar-refractivity contribution is 8.00. The molecule has 2 rings (SSSR count). The van der Waals surface area contributed by atoms with Crippen LogP contribution < -0.4 is 4.74 Å². The van der Waals surface area contributed by atoms with Crippen molar-refractivity contribution in [2.75, 3.05) is 25.2 Å². The first-order valence-electron chi connectivity index (χ1n) is 7.68. The van der Waals surface area contributed by atoms with E-state index in [0.717, 1.165) is 10.6 Å². The highest BCUT2D eigenvalue weighted by Crippen LogP contribution is 2.28. The number of amides is 1. The van der Waals surface area contributed by atoms with Gasteiger partial charge in [-0.2, -0.15) is 0 Å². The molecule has 1 heterocycles. The Morgan fingerprint density at radius 3 is 2.52 bits per heavy atom. The Labute approximate surface area is 142 Å². The molecular weight excluding hydrogens is 334 g/mol. The summed E-state index contributed by atoms with van der Waals surface area (Å²) in [5.74, 6) is 1.05. The SMILES string of the molecule is CCN(C(=O)[C@H](C)Sc1ccc(OC)cc1)[C@@H]1CCS(=O)(=O)C1. The summed E-state index contributed by atoms with van der Waals surface area (Å²) in [6.07, 6.45) is 0.543. The molecule has 1 aliphatic heterocycles. The maximum atomic E-state index is 12.7. The van der Waals surface area contributed by atoms with Gasteiger partial charge in [-0.15, -0.1) is 11.8 Å². The number of carbonyl (C=O) groups excluding carboxylic acids is 1. The fourth-order valence-electron chi connectivity index (χ4n) is 2.76. The molecule has 1 aliphatic rings. The number of methoxy groups -OCH3 is 1. The third-order valence-corrected chi connectivity index (χ3v) is 6.84. The lowest BCUT2D eigenvalue weighted by Gasteiger charge is -2.29. The topological polar surface area (TPSA) is 63.7 Å². The Hall–Kier alpha value is -1.21. The Bertz CT molecular complexity index is 643. The number of nitrogens with zero attached hydrogens (tertiary/aromatic N) is 1. The molecule has 0 unspecified atom stereocenters. The summed E-state index contributed by atoms with van der Waals surface area (Å²) in [6, 6.07) is 7.38. The number of hydrogen-bond donors (Lipinski definition) is 0. The standard InChI is InChI=1S/C16H23NO4S2/c1-4-17(13-9-10-23(19,20)11-13)16(18)12(2)22-15-7-5-14(21-3)6-8-15/h5-8,12-13H,4,9-11H2,1-3H3/t12-,13+/m0/s1. The van der Waals surface area contributed by atoms with Crippen LogP contribution in [-0.2, 0) is 14.6 Å². The van der Waals surface area contributed by atoms with Crippen LogP contribution in [0.3, 0.4) is 0 Å². The van der Waals surface area contributed by atoms with Crippen LogP contribution in [0.15, 0.2) is 29.2 Å². The van der Waals surface area contributed by atoms with Crippen LogP contribution in [-0.4, -0.2) is 55.7 Å². The summed E-state index contributed by atoms with van der Waals surface area (Å²) < 4.78 is 28.4. The molecule has 0 radical (unpaired) electrons. The van der Waals surface area contributed by atoms with Crippen molar-refractivity contribution < 1.29 is 17.9 Å². The lowest BCUT2D eigenvalue weighted by molar-refractivity contribution is -0.131. The minimum Gasteiger partial charge on any atom is -0.497 e. The number of rotatable bonds is 6. The molecule has 1 aromatic rings. The van der Waals surface area contributed by atoms with Gasteiger partial charge in [0.05, 0.1) is 23.9 Å². The molecule has 5 nitrogen and oxygen atoms in total. The first-order chi connectivity index (χ1) is 10.9. The zero-order chi connectivity index (χ0) is 17.0. The lowest BCUT2D eigenvalue weighted by atomic mass is 10.2. The van der Waals surface area contributed by atoms with E-state index in [1.807, 2.05) is 38.1 Å². The minimum atomic E-state index is -2.99. The van der Waals surface area contributed by atoms with Crippen molar-refractivity contribution in [3.8, 4) is 5.75 Å². The molecule has 1 saturated heterocycles. The van der Waals surface area contributed by atoms with E-state index in [0.29, 0.717) is 13.0 Å². The molecule has 128 valence electrons. The summed E-state index contributed by atoms with van der Waals surface area (Å²) in [5.41, 5.74) is 0. The molecular formula is C16H23NO4S2. The molecule has 0 aliphatic carbocycles. The number of sulfone groups is 1. The second kappa shape index (κ2) is 7.57. The molecule has 0 aromatic heterocycles. The normalized spacial score (nSPS) is 20.9. The zero-order valence-corrected chi connectivity index (χ0v) is 15.3. The van der Waals surface area contributed by atoms with E-state index in [4.69, 9.17) is 4.74 Å². The van der Waals surface area contributed by atoms with Crippen LogP contribution in [0.4, 0.5) is 0 Å². The van der Waals surface area contributed by atoms with Crippen molar-refractivity contribution in [1.29, 1.82) is 0 Å². The predicted molar refractivity (Wildman–Crippen MR) is 92.8 cm³/mol. The number of carbonyl (C=O) groups is 1. The van der Waals surface area contributed by atoms with Crippen LogP contribution >= 0.6 is 11.8 Å². The third-order valence-electron chi connectivity index (χ3n) is 3.99. The summed E-state index contributed by atoms with van der Waals surface area (Å²) in [7, 11) is -1.38. The van der Waals surface area contributed by atoms with E-state index in [1.165, 1.54) is 11.8 Å². The molecule has 1 aromatic carbocycles. The molecule has 0 saturated carbocycles. The smallest absolute Gasteiger partial charge is 0.236 e. The lowest BCUT2D eigenvalue weighted by Crippen LogP contribution is -2.44. The van der Waals surface area contributed by atoms with E-state index in [-0.39, 0.29) is 28.7 Å². The van der Waals surface area contributed by atoms with E-state index in [1.54, 1.807) is 12.0 Å². The minimum absolute atomic E-state index is 0.00424. The first kappa shape index (κ1) is 18.1. The zero-order valence-electron chi connectivity index (χ0n) is 13.7. The Kier molecular flexibility index (Phi) is 5.97. The highest BCUT2D eigenvalue weighted by atomic mass is 32.2. The van der Waals surface area contributed by atoms with E-state index >= 15 is 0 Å². The molecule has 7 heteroatoms. The number of hydrogen-bond acceptors (Lipinski definition) is 5. The molecule has 1 amide bonds. The van der Waals surface area contributed by atoms with E-state index in [9.17, 15) is 13.2 Å². The average Bonchev–Trinajstić information content (AvgIpc) is 2.88. The molecule has 2 atom stereocenters. The monoisotopic (exact) mass is 357 g/mol. The van der Waals surface area contributed by atoms with Gasteiger partial charge in [-0.25, -0.2) is 8.42 Å². The summed E-state index contributed by atoms with van der Waals surface area (Å²) in [6.45, 7) is 4.30. The average molecular weight is 357 g/mol. The van der Waals surface area contributed by atoms with Gasteiger partial charge < -0.3 is 9.64 Å². The van der Waals surface area contributed by atoms with E-state index < -0.39 is 9.84 Å². The maximum absolute atomic E-state index is 12.7. The molecule has 23 heavy (non-hydrogen) atoms. The quantitative estimate of drug-likeness (QED) is 0.731. The molecule has 0 spiro atoms. The van der Waals surface area contributed by atoms with Crippen molar-refractivity contribution in [2.45, 2.75) is 36.5 Å². The van der Waals surface area contributed by atoms with Gasteiger partial charge in [-0.05, 0) is 44.5 Å². The van der Waals surface area contributed by atoms with Gasteiger partial charge in [-0.3, -0.25) is 4.79 Å². The molecule has 1 fully saturated rings. The number of thioether (sulfide) groups is 1. The van der Waals surface area contributed by atoms with Crippen molar-refractivity contribution in [1.82, 2.24) is 4.90 Å². The van der Waals surface area contributed by atoms with Gasteiger partial charge in [-0.1, -0.05) is 0 Å². The maximum Gasteiger partial charge on any atom is 0.236 e. The Morgan fingerprint density at radius 2 is 2.04 bits per heavy atom. The summed E-state index contributed by atoms with van der Waals surface area (Å²) in [4.78, 5) is 15.4. The fourth-order valence-corrected chi connectivity index (χ4v) is 5.43. The van der Waals surface area contributed by atoms with Crippen molar-refractivity contribution >= 4 is 27.5 Å². The fraction of sp³-hybridized carbons (Fsp3) is 0.562. The van der Waals surface area contributed by atoms with Gasteiger partial charge in [0, 0.05) is 17.5 Å². The summed E-state index contributed by atoms with van der Waals surface area (Å²) >= 11 is 1.48. The van der Waals surface area contributed by atoms with Crippen LogP contribution in [0, 0.1) is 0 Å². The van der Waals surface area contributed by atoms with Gasteiger partial charge in [0.1, 0.15) is 5.75 Å². The van der Waals surface area contributed by atoms with Gasteiger partial charge in [0.15, 0.2) is 9.84 Å². The largest absolute Gasteiger partial charge is 0.497 e. The summed E-state index contributed by atoms with van der Waals surface area (Å²) in [5, 5.41) is -0.258. The number of benzene rings is 1. The van der Waals surface area contributed by atoms with Gasteiger partial charge in [0.25, 0.3) is 0 Å². The van der Waals surface area contributed by atoms with Crippen molar-refractivity contribution in [3.63, 3.8) is 0 Å². The van der Waals surface area contributed by atoms with Crippen molar-refractivity contribution in [3.05, 3.63) is 24.3 Å². The van der Waals surface area contributed by atoms with Crippen LogP contribution in [0.1, 0.15) is 20.3 Å².